The van der Waals surface area contributed by atoms with Crippen molar-refractivity contribution in [3.8, 4) is 5.75 Å². The van der Waals surface area contributed by atoms with E-state index in [0.29, 0.717) is 22.4 Å². The van der Waals surface area contributed by atoms with Gasteiger partial charge in [0.25, 0.3) is 5.91 Å². The van der Waals surface area contributed by atoms with Crippen LogP contribution in [0.15, 0.2) is 48.5 Å². The van der Waals surface area contributed by atoms with Gasteiger partial charge >= 0.3 is 0 Å². The Morgan fingerprint density at radius 2 is 1.96 bits per heavy atom. The number of thiazole rings is 1. The molecule has 0 atom stereocenters. The fourth-order valence-electron chi connectivity index (χ4n) is 2.15. The fourth-order valence-corrected chi connectivity index (χ4v) is 3.32. The Bertz CT molecular complexity index is 784. The second kappa shape index (κ2) is 6.98. The van der Waals surface area contributed by atoms with E-state index in [1.165, 1.54) is 11.3 Å². The van der Waals surface area contributed by atoms with Crippen LogP contribution in [0.4, 0.5) is 5.13 Å². The van der Waals surface area contributed by atoms with Crippen molar-refractivity contribution in [3.63, 3.8) is 0 Å². The minimum atomic E-state index is -0.124. The zero-order chi connectivity index (χ0) is 16.2. The lowest BCUT2D eigenvalue weighted by Crippen LogP contribution is -2.34. The molecule has 4 nitrogen and oxygen atoms in total. The van der Waals surface area contributed by atoms with E-state index in [0.717, 1.165) is 10.2 Å². The molecule has 3 aromatic rings. The highest BCUT2D eigenvalue weighted by molar-refractivity contribution is 7.22. The molecule has 1 aromatic heterocycles. The van der Waals surface area contributed by atoms with Crippen molar-refractivity contribution in [1.82, 2.24) is 4.98 Å². The number of benzene rings is 2. The van der Waals surface area contributed by atoms with Crippen molar-refractivity contribution in [2.24, 2.45) is 0 Å². The normalized spacial score (nSPS) is 10.7. The number of carbonyl (C=O) groups is 1. The first-order chi connectivity index (χ1) is 11.2. The first-order valence-electron chi connectivity index (χ1n) is 7.21. The Hall–Kier alpha value is -2.11. The summed E-state index contributed by atoms with van der Waals surface area (Å²) in [6, 6.07) is 14.8. The highest BCUT2D eigenvalue weighted by atomic mass is 35.5. The molecule has 118 valence electrons. The molecule has 6 heteroatoms. The van der Waals surface area contributed by atoms with Crippen molar-refractivity contribution < 1.29 is 9.53 Å². The molecule has 0 fully saturated rings. The third-order valence-corrected chi connectivity index (χ3v) is 4.62. The van der Waals surface area contributed by atoms with E-state index in [2.05, 4.69) is 4.98 Å². The van der Waals surface area contributed by atoms with Gasteiger partial charge in [-0.05, 0) is 43.3 Å². The Labute approximate surface area is 143 Å². The van der Waals surface area contributed by atoms with Crippen LogP contribution in [-0.2, 0) is 4.79 Å². The van der Waals surface area contributed by atoms with Gasteiger partial charge in [-0.3, -0.25) is 9.69 Å². The molecule has 0 aliphatic rings. The number of nitrogens with zero attached hydrogens (tertiary/aromatic N) is 2. The van der Waals surface area contributed by atoms with Crippen molar-refractivity contribution >= 4 is 44.2 Å². The van der Waals surface area contributed by atoms with Gasteiger partial charge in [0.2, 0.25) is 0 Å². The van der Waals surface area contributed by atoms with E-state index in [1.807, 2.05) is 31.2 Å². The Balaban J connectivity index is 1.72. The molecule has 0 aliphatic carbocycles. The number of likely N-dealkylation sites (N-methyl/N-ethyl adjacent to an activating group) is 1. The van der Waals surface area contributed by atoms with Gasteiger partial charge in [0, 0.05) is 11.6 Å². The molecular formula is C17H15ClN2O2S. The van der Waals surface area contributed by atoms with Gasteiger partial charge in [-0.1, -0.05) is 35.1 Å². The van der Waals surface area contributed by atoms with Crippen LogP contribution in [-0.4, -0.2) is 24.0 Å². The largest absolute Gasteiger partial charge is 0.484 e. The zero-order valence-corrected chi connectivity index (χ0v) is 14.1. The molecule has 0 saturated heterocycles. The standard InChI is InChI=1S/C17H15ClN2O2S/c1-2-20(17-19-14-5-3-4-6-15(14)23-17)16(21)11-22-13-9-7-12(18)8-10-13/h3-10H,2,11H2,1H3. The summed E-state index contributed by atoms with van der Waals surface area (Å²) in [6.07, 6.45) is 0. The van der Waals surface area contributed by atoms with Crippen molar-refractivity contribution in [3.05, 3.63) is 53.6 Å². The summed E-state index contributed by atoms with van der Waals surface area (Å²) >= 11 is 7.33. The highest BCUT2D eigenvalue weighted by Crippen LogP contribution is 2.28. The third-order valence-electron chi connectivity index (χ3n) is 3.31. The first-order valence-corrected chi connectivity index (χ1v) is 8.41. The second-order valence-electron chi connectivity index (χ2n) is 4.84. The number of para-hydroxylation sites is 1. The fraction of sp³-hybridized carbons (Fsp3) is 0.176. The van der Waals surface area contributed by atoms with Crippen LogP contribution in [0.2, 0.25) is 5.02 Å². The summed E-state index contributed by atoms with van der Waals surface area (Å²) in [4.78, 5) is 18.6. The number of halogens is 1. The van der Waals surface area contributed by atoms with Gasteiger partial charge in [0.1, 0.15) is 5.75 Å². The van der Waals surface area contributed by atoms with E-state index in [-0.39, 0.29) is 12.5 Å². The number of rotatable bonds is 5. The van der Waals surface area contributed by atoms with Crippen molar-refractivity contribution in [2.45, 2.75) is 6.92 Å². The van der Waals surface area contributed by atoms with Crippen LogP contribution in [0.1, 0.15) is 6.92 Å². The summed E-state index contributed by atoms with van der Waals surface area (Å²) < 4.78 is 6.59. The lowest BCUT2D eigenvalue weighted by atomic mass is 10.3. The summed E-state index contributed by atoms with van der Waals surface area (Å²) in [5.74, 6) is 0.490. The summed E-state index contributed by atoms with van der Waals surface area (Å²) in [5, 5.41) is 1.33. The van der Waals surface area contributed by atoms with Crippen LogP contribution in [0.5, 0.6) is 5.75 Å². The molecule has 0 radical (unpaired) electrons. The number of ether oxygens (including phenoxy) is 1. The van der Waals surface area contributed by atoms with Crippen molar-refractivity contribution in [2.75, 3.05) is 18.1 Å². The maximum Gasteiger partial charge on any atom is 0.266 e. The molecule has 0 bridgehead atoms. The molecule has 2 aromatic carbocycles. The molecular weight excluding hydrogens is 332 g/mol. The quantitative estimate of drug-likeness (QED) is 0.688. The molecule has 3 rings (SSSR count). The van der Waals surface area contributed by atoms with Gasteiger partial charge in [-0.15, -0.1) is 0 Å². The lowest BCUT2D eigenvalue weighted by molar-refractivity contribution is -0.120. The third kappa shape index (κ3) is 3.63. The number of carbonyl (C=O) groups excluding carboxylic acids is 1. The number of anilines is 1. The van der Waals surface area contributed by atoms with Crippen LogP contribution >= 0.6 is 22.9 Å². The highest BCUT2D eigenvalue weighted by Gasteiger charge is 2.18. The van der Waals surface area contributed by atoms with E-state index in [1.54, 1.807) is 29.2 Å². The first kappa shape index (κ1) is 15.8. The number of hydrogen-bond donors (Lipinski definition) is 0. The molecule has 0 unspecified atom stereocenters. The molecule has 0 saturated carbocycles. The number of aromatic nitrogens is 1. The maximum atomic E-state index is 12.4. The number of amides is 1. The van der Waals surface area contributed by atoms with Crippen LogP contribution in [0, 0.1) is 0 Å². The van der Waals surface area contributed by atoms with Crippen LogP contribution in [0.25, 0.3) is 10.2 Å². The van der Waals surface area contributed by atoms with E-state index < -0.39 is 0 Å². The Kier molecular flexibility index (Phi) is 4.79. The topological polar surface area (TPSA) is 42.4 Å². The molecule has 0 spiro atoms. The number of hydrogen-bond acceptors (Lipinski definition) is 4. The average Bonchev–Trinajstić information content (AvgIpc) is 2.98. The van der Waals surface area contributed by atoms with Gasteiger partial charge < -0.3 is 4.74 Å². The van der Waals surface area contributed by atoms with E-state index in [9.17, 15) is 4.79 Å². The lowest BCUT2D eigenvalue weighted by Gasteiger charge is -2.17. The molecule has 1 heterocycles. The maximum absolute atomic E-state index is 12.4. The zero-order valence-electron chi connectivity index (χ0n) is 12.5. The predicted molar refractivity (Wildman–Crippen MR) is 94.6 cm³/mol. The SMILES string of the molecule is CCN(C(=O)COc1ccc(Cl)cc1)c1nc2ccccc2s1. The smallest absolute Gasteiger partial charge is 0.266 e. The summed E-state index contributed by atoms with van der Waals surface area (Å²) in [6.45, 7) is 2.43. The van der Waals surface area contributed by atoms with Crippen LogP contribution in [0.3, 0.4) is 0 Å². The monoisotopic (exact) mass is 346 g/mol. The second-order valence-corrected chi connectivity index (χ2v) is 6.29. The van der Waals surface area contributed by atoms with E-state index >= 15 is 0 Å². The van der Waals surface area contributed by atoms with Gasteiger partial charge in [0.05, 0.1) is 10.2 Å². The average molecular weight is 347 g/mol. The Morgan fingerprint density at radius 3 is 2.65 bits per heavy atom. The van der Waals surface area contributed by atoms with E-state index in [4.69, 9.17) is 16.3 Å². The Morgan fingerprint density at radius 1 is 1.22 bits per heavy atom. The number of fused-ring (bicyclic) bond motifs is 1. The van der Waals surface area contributed by atoms with Gasteiger partial charge in [0.15, 0.2) is 11.7 Å². The van der Waals surface area contributed by atoms with Crippen LogP contribution < -0.4 is 9.64 Å². The van der Waals surface area contributed by atoms with Crippen molar-refractivity contribution in [1.29, 1.82) is 0 Å². The summed E-state index contributed by atoms with van der Waals surface area (Å²) in [7, 11) is 0. The molecule has 23 heavy (non-hydrogen) atoms. The predicted octanol–water partition coefficient (Wildman–Crippen LogP) is 4.38. The molecule has 0 aliphatic heterocycles. The van der Waals surface area contributed by atoms with Gasteiger partial charge in [-0.25, -0.2) is 4.98 Å². The molecule has 1 amide bonds. The van der Waals surface area contributed by atoms with Gasteiger partial charge in [-0.2, -0.15) is 0 Å². The summed E-state index contributed by atoms with van der Waals surface area (Å²) in [5.41, 5.74) is 0.900. The molecule has 0 N–H and O–H groups in total. The minimum absolute atomic E-state index is 0.0363. The minimum Gasteiger partial charge on any atom is -0.484 e.